The van der Waals surface area contributed by atoms with Crippen LogP contribution in [0.25, 0.3) is 0 Å². The van der Waals surface area contributed by atoms with Crippen molar-refractivity contribution in [3.63, 3.8) is 0 Å². The molecule has 1 aliphatic rings. The average Bonchev–Trinajstić information content (AvgIpc) is 2.53. The zero-order valence-corrected chi connectivity index (χ0v) is 13.1. The second-order valence-electron chi connectivity index (χ2n) is 6.25. The van der Waals surface area contributed by atoms with Gasteiger partial charge in [-0.15, -0.1) is 0 Å². The molecule has 2 atom stereocenters. The standard InChI is InChI=1S/C18H30N2/c1-3-15(2)18(9-12-19)20-13-10-17(11-14-20)16-7-5-4-6-8-16/h4-8,15,17-18H,3,9-14,19H2,1-2H3. The van der Waals surface area contributed by atoms with Crippen molar-refractivity contribution in [3.05, 3.63) is 35.9 Å². The summed E-state index contributed by atoms with van der Waals surface area (Å²) < 4.78 is 0. The lowest BCUT2D eigenvalue weighted by molar-refractivity contribution is 0.107. The molecule has 0 bridgehead atoms. The Hall–Kier alpha value is -0.860. The monoisotopic (exact) mass is 274 g/mol. The minimum atomic E-state index is 0.682. The lowest BCUT2D eigenvalue weighted by Crippen LogP contribution is -2.45. The Morgan fingerprint density at radius 1 is 1.20 bits per heavy atom. The van der Waals surface area contributed by atoms with Crippen molar-refractivity contribution in [1.29, 1.82) is 0 Å². The summed E-state index contributed by atoms with van der Waals surface area (Å²) in [5.74, 6) is 1.51. The van der Waals surface area contributed by atoms with Gasteiger partial charge in [-0.05, 0) is 56.3 Å². The quantitative estimate of drug-likeness (QED) is 0.858. The number of likely N-dealkylation sites (tertiary alicyclic amines) is 1. The van der Waals surface area contributed by atoms with Gasteiger partial charge in [0.15, 0.2) is 0 Å². The zero-order chi connectivity index (χ0) is 14.4. The maximum atomic E-state index is 5.82. The van der Waals surface area contributed by atoms with Crippen LogP contribution in [-0.4, -0.2) is 30.6 Å². The third kappa shape index (κ3) is 3.83. The lowest BCUT2D eigenvalue weighted by Gasteiger charge is -2.40. The molecule has 0 aromatic heterocycles. The van der Waals surface area contributed by atoms with E-state index in [4.69, 9.17) is 5.73 Å². The number of nitrogens with two attached hydrogens (primary N) is 1. The molecular formula is C18H30N2. The number of piperidine rings is 1. The molecule has 2 rings (SSSR count). The average molecular weight is 274 g/mol. The molecule has 1 aromatic rings. The van der Waals surface area contributed by atoms with Gasteiger partial charge in [0.05, 0.1) is 0 Å². The van der Waals surface area contributed by atoms with Gasteiger partial charge in [-0.2, -0.15) is 0 Å². The molecule has 1 fully saturated rings. The maximum Gasteiger partial charge on any atom is 0.0133 e. The normalized spacial score (nSPS) is 20.8. The summed E-state index contributed by atoms with van der Waals surface area (Å²) in [5.41, 5.74) is 7.34. The van der Waals surface area contributed by atoms with Gasteiger partial charge in [0.25, 0.3) is 0 Å². The van der Waals surface area contributed by atoms with Crippen LogP contribution in [0, 0.1) is 5.92 Å². The summed E-state index contributed by atoms with van der Waals surface area (Å²) in [5, 5.41) is 0. The van der Waals surface area contributed by atoms with Crippen LogP contribution in [0.1, 0.15) is 51.0 Å². The second kappa shape index (κ2) is 7.80. The van der Waals surface area contributed by atoms with E-state index in [9.17, 15) is 0 Å². The Bertz CT molecular complexity index is 368. The number of hydrogen-bond donors (Lipinski definition) is 1. The van der Waals surface area contributed by atoms with Crippen molar-refractivity contribution in [2.75, 3.05) is 19.6 Å². The van der Waals surface area contributed by atoms with E-state index >= 15 is 0 Å². The summed E-state index contributed by atoms with van der Waals surface area (Å²) >= 11 is 0. The van der Waals surface area contributed by atoms with Crippen molar-refractivity contribution in [2.45, 2.75) is 51.5 Å². The third-order valence-electron chi connectivity index (χ3n) is 5.03. The van der Waals surface area contributed by atoms with Crippen LogP contribution in [-0.2, 0) is 0 Å². The zero-order valence-electron chi connectivity index (χ0n) is 13.1. The molecule has 2 nitrogen and oxygen atoms in total. The second-order valence-corrected chi connectivity index (χ2v) is 6.25. The number of benzene rings is 1. The molecule has 112 valence electrons. The van der Waals surface area contributed by atoms with Crippen molar-refractivity contribution in [3.8, 4) is 0 Å². The number of rotatable bonds is 6. The van der Waals surface area contributed by atoms with Gasteiger partial charge >= 0.3 is 0 Å². The van der Waals surface area contributed by atoms with E-state index in [1.165, 1.54) is 37.9 Å². The first-order chi connectivity index (χ1) is 9.76. The first-order valence-corrected chi connectivity index (χ1v) is 8.25. The van der Waals surface area contributed by atoms with E-state index in [0.29, 0.717) is 6.04 Å². The summed E-state index contributed by atoms with van der Waals surface area (Å²) in [7, 11) is 0. The molecule has 0 amide bonds. The number of hydrogen-bond acceptors (Lipinski definition) is 2. The molecule has 0 saturated carbocycles. The predicted molar refractivity (Wildman–Crippen MR) is 86.9 cm³/mol. The predicted octanol–water partition coefficient (Wildman–Crippen LogP) is 3.63. The Kier molecular flexibility index (Phi) is 6.06. The van der Waals surface area contributed by atoms with Crippen LogP contribution in [0.5, 0.6) is 0 Å². The maximum absolute atomic E-state index is 5.82. The van der Waals surface area contributed by atoms with E-state index < -0.39 is 0 Å². The minimum Gasteiger partial charge on any atom is -0.330 e. The highest BCUT2D eigenvalue weighted by atomic mass is 15.2. The van der Waals surface area contributed by atoms with Crippen LogP contribution in [0.15, 0.2) is 30.3 Å². The fraction of sp³-hybridized carbons (Fsp3) is 0.667. The van der Waals surface area contributed by atoms with Gasteiger partial charge in [-0.25, -0.2) is 0 Å². The van der Waals surface area contributed by atoms with E-state index in [-0.39, 0.29) is 0 Å². The largest absolute Gasteiger partial charge is 0.330 e. The lowest BCUT2D eigenvalue weighted by atomic mass is 9.86. The molecule has 1 saturated heterocycles. The van der Waals surface area contributed by atoms with Gasteiger partial charge in [0, 0.05) is 6.04 Å². The highest BCUT2D eigenvalue weighted by molar-refractivity contribution is 5.20. The van der Waals surface area contributed by atoms with Gasteiger partial charge in [0.1, 0.15) is 0 Å². The highest BCUT2D eigenvalue weighted by Crippen LogP contribution is 2.30. The highest BCUT2D eigenvalue weighted by Gasteiger charge is 2.27. The van der Waals surface area contributed by atoms with Gasteiger partial charge in [-0.1, -0.05) is 50.6 Å². The molecule has 0 spiro atoms. The topological polar surface area (TPSA) is 29.3 Å². The molecule has 0 aliphatic carbocycles. The first kappa shape index (κ1) is 15.5. The molecular weight excluding hydrogens is 244 g/mol. The summed E-state index contributed by atoms with van der Waals surface area (Å²) in [6.45, 7) is 7.95. The van der Waals surface area contributed by atoms with Crippen molar-refractivity contribution < 1.29 is 0 Å². The summed E-state index contributed by atoms with van der Waals surface area (Å²) in [4.78, 5) is 2.69. The fourth-order valence-electron chi connectivity index (χ4n) is 3.56. The van der Waals surface area contributed by atoms with E-state index in [1.807, 2.05) is 0 Å². The Balaban J connectivity index is 1.92. The van der Waals surface area contributed by atoms with E-state index in [0.717, 1.165) is 24.8 Å². The van der Waals surface area contributed by atoms with Crippen molar-refractivity contribution in [2.24, 2.45) is 11.7 Å². The Morgan fingerprint density at radius 3 is 2.40 bits per heavy atom. The van der Waals surface area contributed by atoms with Crippen LogP contribution in [0.2, 0.25) is 0 Å². The fourth-order valence-corrected chi connectivity index (χ4v) is 3.56. The Morgan fingerprint density at radius 2 is 1.85 bits per heavy atom. The van der Waals surface area contributed by atoms with Crippen molar-refractivity contribution >= 4 is 0 Å². The van der Waals surface area contributed by atoms with Crippen LogP contribution in [0.3, 0.4) is 0 Å². The molecule has 1 heterocycles. The van der Waals surface area contributed by atoms with Crippen LogP contribution in [0.4, 0.5) is 0 Å². The molecule has 2 unspecified atom stereocenters. The molecule has 1 aliphatic heterocycles. The minimum absolute atomic E-state index is 0.682. The molecule has 2 heteroatoms. The van der Waals surface area contributed by atoms with Gasteiger partial charge in [-0.3, -0.25) is 0 Å². The number of nitrogens with zero attached hydrogens (tertiary/aromatic N) is 1. The van der Waals surface area contributed by atoms with E-state index in [2.05, 4.69) is 49.1 Å². The SMILES string of the molecule is CCC(C)C(CCN)N1CCC(c2ccccc2)CC1. The molecule has 1 aromatic carbocycles. The van der Waals surface area contributed by atoms with Gasteiger partial charge in [0.2, 0.25) is 0 Å². The van der Waals surface area contributed by atoms with Gasteiger partial charge < -0.3 is 10.6 Å². The van der Waals surface area contributed by atoms with Crippen molar-refractivity contribution in [1.82, 2.24) is 4.90 Å². The summed E-state index contributed by atoms with van der Waals surface area (Å²) in [6.07, 6.45) is 4.98. The van der Waals surface area contributed by atoms with Crippen LogP contribution >= 0.6 is 0 Å². The summed E-state index contributed by atoms with van der Waals surface area (Å²) in [6, 6.07) is 11.7. The first-order valence-electron chi connectivity index (χ1n) is 8.25. The molecule has 20 heavy (non-hydrogen) atoms. The Labute approximate surface area is 124 Å². The van der Waals surface area contributed by atoms with E-state index in [1.54, 1.807) is 0 Å². The third-order valence-corrected chi connectivity index (χ3v) is 5.03. The molecule has 0 radical (unpaired) electrons. The molecule has 2 N–H and O–H groups in total. The smallest absolute Gasteiger partial charge is 0.0133 e. The van der Waals surface area contributed by atoms with Crippen LogP contribution < -0.4 is 5.73 Å².